The Hall–Kier alpha value is -1.27. The number of aryl methyl sites for hydroxylation is 1. The molecule has 0 N–H and O–H groups in total. The standard InChI is InChI=1S/C16H19BrN2O2S/c1-10-18-19-15(22-10)13(9-14(20)21-16(2,3)4)11-6-5-7-12(17)8-11/h5-8,13H,9H2,1-4H3. The van der Waals surface area contributed by atoms with Gasteiger partial charge in [-0.3, -0.25) is 4.79 Å². The van der Waals surface area contributed by atoms with E-state index in [0.717, 1.165) is 20.1 Å². The van der Waals surface area contributed by atoms with E-state index in [4.69, 9.17) is 4.74 Å². The van der Waals surface area contributed by atoms with Crippen molar-refractivity contribution >= 4 is 33.2 Å². The van der Waals surface area contributed by atoms with E-state index in [9.17, 15) is 4.79 Å². The van der Waals surface area contributed by atoms with Crippen LogP contribution in [0.4, 0.5) is 0 Å². The van der Waals surface area contributed by atoms with E-state index in [0.29, 0.717) is 0 Å². The Morgan fingerprint density at radius 1 is 1.36 bits per heavy atom. The van der Waals surface area contributed by atoms with Gasteiger partial charge in [-0.05, 0) is 45.4 Å². The monoisotopic (exact) mass is 382 g/mol. The summed E-state index contributed by atoms with van der Waals surface area (Å²) in [5, 5.41) is 10.0. The third-order valence-corrected chi connectivity index (χ3v) is 4.33. The number of halogens is 1. The molecule has 0 amide bonds. The molecule has 4 nitrogen and oxygen atoms in total. The Balaban J connectivity index is 2.28. The second kappa shape index (κ2) is 6.87. The number of hydrogen-bond donors (Lipinski definition) is 0. The van der Waals surface area contributed by atoms with Crippen molar-refractivity contribution in [1.82, 2.24) is 10.2 Å². The predicted octanol–water partition coefficient (Wildman–Crippen LogP) is 4.47. The molecule has 0 bridgehead atoms. The Labute approximate surface area is 143 Å². The molecule has 2 aromatic rings. The first-order valence-electron chi connectivity index (χ1n) is 7.02. The summed E-state index contributed by atoms with van der Waals surface area (Å²) < 4.78 is 6.43. The van der Waals surface area contributed by atoms with Gasteiger partial charge >= 0.3 is 5.97 Å². The minimum absolute atomic E-state index is 0.140. The number of carbonyl (C=O) groups excluding carboxylic acids is 1. The van der Waals surface area contributed by atoms with Crippen LogP contribution < -0.4 is 0 Å². The van der Waals surface area contributed by atoms with Crippen LogP contribution in [0.15, 0.2) is 28.7 Å². The zero-order valence-electron chi connectivity index (χ0n) is 13.1. The highest BCUT2D eigenvalue weighted by molar-refractivity contribution is 9.10. The molecular formula is C16H19BrN2O2S. The highest BCUT2D eigenvalue weighted by Crippen LogP contribution is 2.32. The van der Waals surface area contributed by atoms with Crippen molar-refractivity contribution in [2.45, 2.75) is 45.6 Å². The van der Waals surface area contributed by atoms with Gasteiger partial charge in [-0.1, -0.05) is 28.1 Å². The first-order chi connectivity index (χ1) is 10.2. The maximum Gasteiger partial charge on any atom is 0.307 e. The molecule has 118 valence electrons. The number of carbonyl (C=O) groups is 1. The summed E-state index contributed by atoms with van der Waals surface area (Å²) in [6, 6.07) is 7.91. The Kier molecular flexibility index (Phi) is 5.34. The van der Waals surface area contributed by atoms with Crippen molar-refractivity contribution in [1.29, 1.82) is 0 Å². The lowest BCUT2D eigenvalue weighted by atomic mass is 9.96. The molecule has 1 atom stereocenters. The Bertz CT molecular complexity index is 664. The maximum atomic E-state index is 12.2. The third-order valence-electron chi connectivity index (χ3n) is 2.88. The SMILES string of the molecule is Cc1nnc(C(CC(=O)OC(C)(C)C)c2cccc(Br)c2)s1. The van der Waals surface area contributed by atoms with E-state index in [1.165, 1.54) is 11.3 Å². The van der Waals surface area contributed by atoms with Crippen LogP contribution in [0.3, 0.4) is 0 Å². The second-order valence-corrected chi connectivity index (χ2v) is 8.19. The van der Waals surface area contributed by atoms with Gasteiger partial charge in [0.1, 0.15) is 15.6 Å². The Morgan fingerprint density at radius 2 is 2.09 bits per heavy atom. The summed E-state index contributed by atoms with van der Waals surface area (Å²) in [4.78, 5) is 12.2. The zero-order valence-corrected chi connectivity index (χ0v) is 15.5. The van der Waals surface area contributed by atoms with Gasteiger partial charge in [0.05, 0.1) is 6.42 Å². The predicted molar refractivity (Wildman–Crippen MR) is 91.1 cm³/mol. The van der Waals surface area contributed by atoms with Crippen molar-refractivity contribution in [3.8, 4) is 0 Å². The molecule has 2 rings (SSSR count). The fourth-order valence-corrected chi connectivity index (χ4v) is 3.32. The first-order valence-corrected chi connectivity index (χ1v) is 8.63. The van der Waals surface area contributed by atoms with Crippen molar-refractivity contribution in [2.75, 3.05) is 0 Å². The molecule has 0 aliphatic heterocycles. The lowest BCUT2D eigenvalue weighted by molar-refractivity contribution is -0.155. The van der Waals surface area contributed by atoms with Gasteiger partial charge in [-0.25, -0.2) is 0 Å². The summed E-state index contributed by atoms with van der Waals surface area (Å²) in [5.41, 5.74) is 0.534. The summed E-state index contributed by atoms with van der Waals surface area (Å²) in [6.07, 6.45) is 0.252. The molecule has 22 heavy (non-hydrogen) atoms. The Morgan fingerprint density at radius 3 is 2.64 bits per heavy atom. The number of benzene rings is 1. The lowest BCUT2D eigenvalue weighted by Gasteiger charge is -2.21. The number of ether oxygens (including phenoxy) is 1. The van der Waals surface area contributed by atoms with Gasteiger partial charge in [0, 0.05) is 10.4 Å². The topological polar surface area (TPSA) is 52.1 Å². The van der Waals surface area contributed by atoms with Crippen LogP contribution in [0.25, 0.3) is 0 Å². The molecule has 0 aliphatic carbocycles. The van der Waals surface area contributed by atoms with Crippen molar-refractivity contribution in [2.24, 2.45) is 0 Å². The van der Waals surface area contributed by atoms with Crippen LogP contribution in [0, 0.1) is 6.92 Å². The van der Waals surface area contributed by atoms with Crippen molar-refractivity contribution in [3.05, 3.63) is 44.3 Å². The van der Waals surface area contributed by atoms with E-state index in [1.54, 1.807) is 0 Å². The van der Waals surface area contributed by atoms with Gasteiger partial charge in [-0.15, -0.1) is 21.5 Å². The average molecular weight is 383 g/mol. The highest BCUT2D eigenvalue weighted by atomic mass is 79.9. The minimum Gasteiger partial charge on any atom is -0.460 e. The third kappa shape index (κ3) is 4.88. The molecular weight excluding hydrogens is 364 g/mol. The summed E-state index contributed by atoms with van der Waals surface area (Å²) >= 11 is 4.99. The average Bonchev–Trinajstić information content (AvgIpc) is 2.80. The molecule has 1 unspecified atom stereocenters. The van der Waals surface area contributed by atoms with Gasteiger partial charge in [0.2, 0.25) is 0 Å². The van der Waals surface area contributed by atoms with Crippen molar-refractivity contribution in [3.63, 3.8) is 0 Å². The largest absolute Gasteiger partial charge is 0.460 e. The molecule has 0 saturated carbocycles. The highest BCUT2D eigenvalue weighted by Gasteiger charge is 2.25. The van der Waals surface area contributed by atoms with Crippen LogP contribution in [-0.4, -0.2) is 21.8 Å². The number of hydrogen-bond acceptors (Lipinski definition) is 5. The quantitative estimate of drug-likeness (QED) is 0.731. The van der Waals surface area contributed by atoms with Crippen molar-refractivity contribution < 1.29 is 9.53 Å². The van der Waals surface area contributed by atoms with Crippen LogP contribution >= 0.6 is 27.3 Å². The molecule has 0 radical (unpaired) electrons. The molecule has 1 aromatic carbocycles. The van der Waals surface area contributed by atoms with E-state index in [-0.39, 0.29) is 18.3 Å². The summed E-state index contributed by atoms with van der Waals surface area (Å²) in [5.74, 6) is -0.371. The van der Waals surface area contributed by atoms with E-state index < -0.39 is 5.60 Å². The molecule has 1 aromatic heterocycles. The van der Waals surface area contributed by atoms with Gasteiger partial charge in [-0.2, -0.15) is 0 Å². The minimum atomic E-state index is -0.490. The van der Waals surface area contributed by atoms with E-state index in [2.05, 4.69) is 26.1 Å². The number of esters is 1. The number of nitrogens with zero attached hydrogens (tertiary/aromatic N) is 2. The number of aromatic nitrogens is 2. The molecule has 6 heteroatoms. The van der Waals surface area contributed by atoms with Crippen LogP contribution in [0.1, 0.15) is 48.7 Å². The normalized spacial score (nSPS) is 13.0. The van der Waals surface area contributed by atoms with Crippen LogP contribution in [-0.2, 0) is 9.53 Å². The molecule has 0 aliphatic rings. The van der Waals surface area contributed by atoms with E-state index in [1.807, 2.05) is 52.0 Å². The fraction of sp³-hybridized carbons (Fsp3) is 0.438. The summed E-state index contributed by atoms with van der Waals surface area (Å²) in [6.45, 7) is 7.52. The van der Waals surface area contributed by atoms with E-state index >= 15 is 0 Å². The zero-order chi connectivity index (χ0) is 16.3. The molecule has 0 saturated heterocycles. The molecule has 0 spiro atoms. The van der Waals surface area contributed by atoms with Crippen LogP contribution in [0.5, 0.6) is 0 Å². The van der Waals surface area contributed by atoms with Crippen LogP contribution in [0.2, 0.25) is 0 Å². The second-order valence-electron chi connectivity index (χ2n) is 6.06. The molecule has 0 fully saturated rings. The number of rotatable bonds is 4. The maximum absolute atomic E-state index is 12.2. The van der Waals surface area contributed by atoms with Gasteiger partial charge in [0.15, 0.2) is 0 Å². The lowest BCUT2D eigenvalue weighted by Crippen LogP contribution is -2.25. The van der Waals surface area contributed by atoms with Gasteiger partial charge < -0.3 is 4.74 Å². The smallest absolute Gasteiger partial charge is 0.307 e. The summed E-state index contributed by atoms with van der Waals surface area (Å²) in [7, 11) is 0. The van der Waals surface area contributed by atoms with Gasteiger partial charge in [0.25, 0.3) is 0 Å². The first kappa shape index (κ1) is 17.1. The fourth-order valence-electron chi connectivity index (χ4n) is 2.07. The molecule has 1 heterocycles.